The number of nitrogens with two attached hydrogens (primary N) is 1. The third kappa shape index (κ3) is 1.43. The maximum Gasteiger partial charge on any atom is 0.320 e. The molecule has 2 rings (SSSR count). The molecule has 1 aliphatic heterocycles. The molecule has 0 unspecified atom stereocenters. The lowest BCUT2D eigenvalue weighted by molar-refractivity contribution is -0.233. The summed E-state index contributed by atoms with van der Waals surface area (Å²) in [6.45, 7) is 1.21. The number of hydrogen-bond donors (Lipinski definition) is 2. The highest BCUT2D eigenvalue weighted by atomic mass is 16.7. The Kier molecular flexibility index (Phi) is 2.02. The minimum Gasteiger partial charge on any atom is -0.480 e. The van der Waals surface area contributed by atoms with E-state index in [2.05, 4.69) is 0 Å². The van der Waals surface area contributed by atoms with Gasteiger partial charge in [-0.3, -0.25) is 4.79 Å². The van der Waals surface area contributed by atoms with Gasteiger partial charge in [-0.1, -0.05) is 0 Å². The van der Waals surface area contributed by atoms with E-state index in [1.807, 2.05) is 0 Å². The molecule has 1 aliphatic carbocycles. The van der Waals surface area contributed by atoms with Crippen molar-refractivity contribution in [3.05, 3.63) is 0 Å². The van der Waals surface area contributed by atoms with Gasteiger partial charge in [0.15, 0.2) is 5.79 Å². The van der Waals surface area contributed by atoms with Gasteiger partial charge < -0.3 is 20.3 Å². The Hall–Kier alpha value is -0.650. The molecule has 74 valence electrons. The average Bonchev–Trinajstić information content (AvgIpc) is 2.47. The van der Waals surface area contributed by atoms with Crippen LogP contribution < -0.4 is 5.73 Å². The van der Waals surface area contributed by atoms with Crippen molar-refractivity contribution >= 4 is 5.97 Å². The Morgan fingerprint density at radius 1 is 1.46 bits per heavy atom. The van der Waals surface area contributed by atoms with Gasteiger partial charge >= 0.3 is 5.97 Å². The van der Waals surface area contributed by atoms with Crippen LogP contribution in [0.2, 0.25) is 0 Å². The molecule has 13 heavy (non-hydrogen) atoms. The Labute approximate surface area is 75.8 Å². The third-order valence-corrected chi connectivity index (χ3v) is 2.75. The molecule has 0 bridgehead atoms. The molecule has 1 saturated heterocycles. The number of carbonyl (C=O) groups is 1. The molecule has 0 radical (unpaired) electrons. The van der Waals surface area contributed by atoms with Crippen molar-refractivity contribution in [3.8, 4) is 0 Å². The van der Waals surface area contributed by atoms with Crippen LogP contribution in [0.3, 0.4) is 0 Å². The minimum absolute atomic E-state index is 0.00407. The fourth-order valence-electron chi connectivity index (χ4n) is 1.93. The van der Waals surface area contributed by atoms with Gasteiger partial charge in [0, 0.05) is 12.8 Å². The molecular weight excluding hydrogens is 174 g/mol. The highest BCUT2D eigenvalue weighted by Crippen LogP contribution is 2.45. The number of ether oxygens (including phenoxy) is 2. The zero-order valence-electron chi connectivity index (χ0n) is 7.23. The van der Waals surface area contributed by atoms with Gasteiger partial charge in [0.05, 0.1) is 13.2 Å². The van der Waals surface area contributed by atoms with E-state index < -0.39 is 17.8 Å². The van der Waals surface area contributed by atoms with Crippen molar-refractivity contribution in [2.75, 3.05) is 13.2 Å². The smallest absolute Gasteiger partial charge is 0.320 e. The molecular formula is C8H13NO4. The van der Waals surface area contributed by atoms with Crippen LogP contribution in [0.4, 0.5) is 0 Å². The summed E-state index contributed by atoms with van der Waals surface area (Å²) in [6, 6.07) is -0.779. The van der Waals surface area contributed by atoms with Gasteiger partial charge in [0.2, 0.25) is 0 Å². The van der Waals surface area contributed by atoms with Crippen LogP contribution in [0.25, 0.3) is 0 Å². The highest BCUT2D eigenvalue weighted by molar-refractivity contribution is 5.73. The summed E-state index contributed by atoms with van der Waals surface area (Å²) in [6.07, 6.45) is 1.22. The lowest BCUT2D eigenvalue weighted by Crippen LogP contribution is -2.54. The fraction of sp³-hybridized carbons (Fsp3) is 0.875. The molecule has 3 N–H and O–H groups in total. The van der Waals surface area contributed by atoms with Crippen LogP contribution in [0.5, 0.6) is 0 Å². The Bertz CT molecular complexity index is 216. The number of aliphatic carboxylic acids is 1. The molecule has 1 saturated carbocycles. The first-order valence-electron chi connectivity index (χ1n) is 4.39. The Balaban J connectivity index is 1.86. The predicted molar refractivity (Wildman–Crippen MR) is 43.0 cm³/mol. The van der Waals surface area contributed by atoms with Gasteiger partial charge in [-0.15, -0.1) is 0 Å². The summed E-state index contributed by atoms with van der Waals surface area (Å²) in [5.74, 6) is -1.44. The molecule has 0 aromatic heterocycles. The second kappa shape index (κ2) is 2.94. The van der Waals surface area contributed by atoms with E-state index in [1.54, 1.807) is 0 Å². The summed E-state index contributed by atoms with van der Waals surface area (Å²) < 4.78 is 10.7. The van der Waals surface area contributed by atoms with Crippen molar-refractivity contribution in [1.82, 2.24) is 0 Å². The van der Waals surface area contributed by atoms with Crippen molar-refractivity contribution in [2.45, 2.75) is 24.7 Å². The first-order chi connectivity index (χ1) is 6.13. The van der Waals surface area contributed by atoms with Gasteiger partial charge in [0.25, 0.3) is 0 Å². The van der Waals surface area contributed by atoms with Crippen LogP contribution in [0, 0.1) is 5.92 Å². The molecule has 1 heterocycles. The van der Waals surface area contributed by atoms with E-state index in [1.165, 1.54) is 0 Å². The highest BCUT2D eigenvalue weighted by Gasteiger charge is 2.52. The fourth-order valence-corrected chi connectivity index (χ4v) is 1.93. The maximum absolute atomic E-state index is 10.5. The molecule has 5 nitrogen and oxygen atoms in total. The SMILES string of the molecule is N[C@H](C(=O)O)C1CC2(C1)OCCO2. The third-order valence-electron chi connectivity index (χ3n) is 2.75. The van der Waals surface area contributed by atoms with Crippen molar-refractivity contribution < 1.29 is 19.4 Å². The molecule has 0 amide bonds. The Morgan fingerprint density at radius 3 is 2.46 bits per heavy atom. The Morgan fingerprint density at radius 2 is 2.00 bits per heavy atom. The number of hydrogen-bond acceptors (Lipinski definition) is 4. The molecule has 1 atom stereocenters. The lowest BCUT2D eigenvalue weighted by Gasteiger charge is -2.44. The van der Waals surface area contributed by atoms with Crippen molar-refractivity contribution in [2.24, 2.45) is 11.7 Å². The van der Waals surface area contributed by atoms with Crippen LogP contribution in [0.1, 0.15) is 12.8 Å². The largest absolute Gasteiger partial charge is 0.480 e. The van der Waals surface area contributed by atoms with Crippen LogP contribution in [0.15, 0.2) is 0 Å². The first kappa shape index (κ1) is 8.93. The van der Waals surface area contributed by atoms with Crippen molar-refractivity contribution in [3.63, 3.8) is 0 Å². The van der Waals surface area contributed by atoms with Crippen LogP contribution in [-0.2, 0) is 14.3 Å². The molecule has 2 aliphatic rings. The van der Waals surface area contributed by atoms with E-state index in [0.29, 0.717) is 26.1 Å². The standard InChI is InChI=1S/C8H13NO4/c9-6(7(10)11)5-3-8(4-5)12-1-2-13-8/h5-6H,1-4,9H2,(H,10,11)/t6-/m0/s1. The first-order valence-corrected chi connectivity index (χ1v) is 4.39. The maximum atomic E-state index is 10.5. The van der Waals surface area contributed by atoms with E-state index >= 15 is 0 Å². The van der Waals surface area contributed by atoms with Gasteiger partial charge in [-0.25, -0.2) is 0 Å². The minimum atomic E-state index is -0.946. The molecule has 0 aromatic carbocycles. The predicted octanol–water partition coefficient (Wildman–Crippen LogP) is -0.449. The molecule has 0 aromatic rings. The second-order valence-corrected chi connectivity index (χ2v) is 3.64. The zero-order chi connectivity index (χ0) is 9.47. The van der Waals surface area contributed by atoms with E-state index in [0.717, 1.165) is 0 Å². The van der Waals surface area contributed by atoms with E-state index in [9.17, 15) is 4.79 Å². The van der Waals surface area contributed by atoms with Crippen LogP contribution >= 0.6 is 0 Å². The zero-order valence-corrected chi connectivity index (χ0v) is 7.23. The summed E-state index contributed by atoms with van der Waals surface area (Å²) in [7, 11) is 0. The monoisotopic (exact) mass is 187 g/mol. The molecule has 2 fully saturated rings. The van der Waals surface area contributed by atoms with Crippen LogP contribution in [-0.4, -0.2) is 36.1 Å². The number of carboxylic acid groups (broad SMARTS) is 1. The second-order valence-electron chi connectivity index (χ2n) is 3.64. The summed E-state index contributed by atoms with van der Waals surface area (Å²) in [5, 5.41) is 8.64. The van der Waals surface area contributed by atoms with Gasteiger partial charge in [0.1, 0.15) is 6.04 Å². The van der Waals surface area contributed by atoms with E-state index in [-0.39, 0.29) is 5.92 Å². The summed E-state index contributed by atoms with van der Waals surface area (Å²) in [4.78, 5) is 10.5. The van der Waals surface area contributed by atoms with E-state index in [4.69, 9.17) is 20.3 Å². The lowest BCUT2D eigenvalue weighted by atomic mass is 9.74. The average molecular weight is 187 g/mol. The topological polar surface area (TPSA) is 81.8 Å². The van der Waals surface area contributed by atoms with Crippen molar-refractivity contribution in [1.29, 1.82) is 0 Å². The normalized spacial score (nSPS) is 28.7. The van der Waals surface area contributed by atoms with Gasteiger partial charge in [-0.05, 0) is 5.92 Å². The molecule has 5 heteroatoms. The number of rotatable bonds is 2. The summed E-state index contributed by atoms with van der Waals surface area (Å²) >= 11 is 0. The quantitative estimate of drug-likeness (QED) is 0.612. The summed E-state index contributed by atoms with van der Waals surface area (Å²) in [5.41, 5.74) is 5.46. The van der Waals surface area contributed by atoms with Gasteiger partial charge in [-0.2, -0.15) is 0 Å². The molecule has 1 spiro atoms. The number of carboxylic acids is 1.